The highest BCUT2D eigenvalue weighted by atomic mass is 35.5. The van der Waals surface area contributed by atoms with Gasteiger partial charge < -0.3 is 5.32 Å². The lowest BCUT2D eigenvalue weighted by Gasteiger charge is -2.26. The number of hydrogen-bond donors (Lipinski definition) is 2. The first-order chi connectivity index (χ1) is 8.63. The molecular weight excluding hydrogens is 286 g/mol. The van der Waals surface area contributed by atoms with E-state index in [1.807, 2.05) is 6.07 Å². The molecule has 0 spiro atoms. The van der Waals surface area contributed by atoms with Gasteiger partial charge in [0.1, 0.15) is 6.07 Å². The van der Waals surface area contributed by atoms with Gasteiger partial charge in [-0.3, -0.25) is 0 Å². The third-order valence-corrected chi connectivity index (χ3v) is 3.44. The fraction of sp³-hybridized carbons (Fsp3) is 0.417. The van der Waals surface area contributed by atoms with Gasteiger partial charge in [-0.2, -0.15) is 5.26 Å². The third kappa shape index (κ3) is 5.47. The van der Waals surface area contributed by atoms with Gasteiger partial charge in [0, 0.05) is 17.1 Å². The minimum absolute atomic E-state index is 0.344. The predicted molar refractivity (Wildman–Crippen MR) is 76.7 cm³/mol. The van der Waals surface area contributed by atoms with Gasteiger partial charge in [-0.15, -0.1) is 0 Å². The van der Waals surface area contributed by atoms with Gasteiger partial charge in [0.05, 0.1) is 17.5 Å². The van der Waals surface area contributed by atoms with E-state index in [0.29, 0.717) is 22.8 Å². The SMILES string of the molecule is CC(C)(CNc1ccc(Cl)cc1C#N)NS(C)(=O)=O. The van der Waals surface area contributed by atoms with Crippen molar-refractivity contribution in [3.05, 3.63) is 28.8 Å². The predicted octanol–water partition coefficient (Wildman–Crippen LogP) is 1.95. The van der Waals surface area contributed by atoms with Gasteiger partial charge in [0.25, 0.3) is 0 Å². The molecule has 0 aromatic heterocycles. The number of nitriles is 1. The van der Waals surface area contributed by atoms with Crippen LogP contribution in [-0.4, -0.2) is 26.8 Å². The maximum atomic E-state index is 11.2. The van der Waals surface area contributed by atoms with E-state index >= 15 is 0 Å². The number of anilines is 1. The molecule has 0 unspecified atom stereocenters. The summed E-state index contributed by atoms with van der Waals surface area (Å²) in [4.78, 5) is 0. The second-order valence-corrected chi connectivity index (χ2v) is 7.10. The monoisotopic (exact) mass is 301 g/mol. The Morgan fingerprint density at radius 3 is 2.58 bits per heavy atom. The molecule has 0 atom stereocenters. The van der Waals surface area contributed by atoms with Crippen LogP contribution in [-0.2, 0) is 10.0 Å². The number of nitrogens with one attached hydrogen (secondary N) is 2. The van der Waals surface area contributed by atoms with Crippen LogP contribution in [0.2, 0.25) is 5.02 Å². The molecule has 1 aromatic carbocycles. The van der Waals surface area contributed by atoms with Crippen LogP contribution in [0.4, 0.5) is 5.69 Å². The van der Waals surface area contributed by atoms with Crippen molar-refractivity contribution in [1.82, 2.24) is 4.72 Å². The summed E-state index contributed by atoms with van der Waals surface area (Å²) in [5, 5.41) is 12.5. The van der Waals surface area contributed by atoms with Gasteiger partial charge in [0.15, 0.2) is 0 Å². The summed E-state index contributed by atoms with van der Waals surface area (Å²) in [5.74, 6) is 0. The van der Waals surface area contributed by atoms with Crippen LogP contribution in [0, 0.1) is 11.3 Å². The van der Waals surface area contributed by atoms with Gasteiger partial charge in [-0.1, -0.05) is 11.6 Å². The number of sulfonamides is 1. The maximum Gasteiger partial charge on any atom is 0.209 e. The zero-order valence-corrected chi connectivity index (χ0v) is 12.6. The van der Waals surface area contributed by atoms with E-state index in [1.165, 1.54) is 0 Å². The lowest BCUT2D eigenvalue weighted by atomic mass is 10.1. The molecule has 104 valence electrons. The molecule has 0 saturated heterocycles. The highest BCUT2D eigenvalue weighted by molar-refractivity contribution is 7.88. The molecule has 5 nitrogen and oxygen atoms in total. The molecule has 0 aliphatic carbocycles. The van der Waals surface area contributed by atoms with Crippen molar-refractivity contribution in [3.63, 3.8) is 0 Å². The van der Waals surface area contributed by atoms with Crippen molar-refractivity contribution in [3.8, 4) is 6.07 Å². The molecule has 0 bridgehead atoms. The second-order valence-electron chi connectivity index (χ2n) is 4.91. The summed E-state index contributed by atoms with van der Waals surface area (Å²) in [5.41, 5.74) is 0.373. The summed E-state index contributed by atoms with van der Waals surface area (Å²) in [7, 11) is -3.28. The van der Waals surface area contributed by atoms with Crippen LogP contribution in [0.15, 0.2) is 18.2 Å². The number of rotatable bonds is 5. The van der Waals surface area contributed by atoms with Crippen LogP contribution >= 0.6 is 11.6 Å². The first kappa shape index (κ1) is 15.8. The molecule has 19 heavy (non-hydrogen) atoms. The molecule has 0 fully saturated rings. The molecule has 0 amide bonds. The molecule has 0 heterocycles. The fourth-order valence-electron chi connectivity index (χ4n) is 1.62. The number of halogens is 1. The normalized spacial score (nSPS) is 11.9. The minimum atomic E-state index is -3.28. The van der Waals surface area contributed by atoms with E-state index in [4.69, 9.17) is 16.9 Å². The fourth-order valence-corrected chi connectivity index (χ4v) is 2.87. The zero-order valence-electron chi connectivity index (χ0n) is 11.0. The number of benzene rings is 1. The minimum Gasteiger partial charge on any atom is -0.382 e. The van der Waals surface area contributed by atoms with Crippen molar-refractivity contribution >= 4 is 27.3 Å². The van der Waals surface area contributed by atoms with Crippen LogP contribution in [0.5, 0.6) is 0 Å². The molecule has 7 heteroatoms. The standard InChI is InChI=1S/C12H16ClN3O2S/c1-12(2,16-19(3,17)18)8-15-11-5-4-10(13)6-9(11)7-14/h4-6,15-16H,8H2,1-3H3. The van der Waals surface area contributed by atoms with E-state index in [1.54, 1.807) is 32.0 Å². The largest absolute Gasteiger partial charge is 0.382 e. The molecular formula is C12H16ClN3O2S. The van der Waals surface area contributed by atoms with E-state index in [2.05, 4.69) is 10.0 Å². The zero-order chi connectivity index (χ0) is 14.7. The molecule has 1 aromatic rings. The van der Waals surface area contributed by atoms with Crippen LogP contribution in [0.25, 0.3) is 0 Å². The Morgan fingerprint density at radius 2 is 2.05 bits per heavy atom. The van der Waals surface area contributed by atoms with Crippen LogP contribution in [0.3, 0.4) is 0 Å². The Hall–Kier alpha value is -1.29. The van der Waals surface area contributed by atoms with Crippen molar-refractivity contribution in [2.75, 3.05) is 18.1 Å². The third-order valence-electron chi connectivity index (χ3n) is 2.28. The topological polar surface area (TPSA) is 82.0 Å². The van der Waals surface area contributed by atoms with Gasteiger partial charge in [-0.05, 0) is 32.0 Å². The van der Waals surface area contributed by atoms with E-state index in [0.717, 1.165) is 6.26 Å². The Labute approximate surface area is 118 Å². The Balaban J connectivity index is 2.80. The summed E-state index contributed by atoms with van der Waals surface area (Å²) in [6, 6.07) is 6.95. The molecule has 0 aliphatic heterocycles. The van der Waals surface area contributed by atoms with Crippen LogP contribution < -0.4 is 10.0 Å². The Morgan fingerprint density at radius 1 is 1.42 bits per heavy atom. The summed E-state index contributed by atoms with van der Waals surface area (Å²) in [6.45, 7) is 3.85. The Bertz CT molecular complexity index is 606. The molecule has 0 radical (unpaired) electrons. The van der Waals surface area contributed by atoms with E-state index in [-0.39, 0.29) is 0 Å². The smallest absolute Gasteiger partial charge is 0.209 e. The van der Waals surface area contributed by atoms with Crippen molar-refractivity contribution in [1.29, 1.82) is 5.26 Å². The van der Waals surface area contributed by atoms with Crippen molar-refractivity contribution in [2.45, 2.75) is 19.4 Å². The van der Waals surface area contributed by atoms with Gasteiger partial charge in [-0.25, -0.2) is 13.1 Å². The second kappa shape index (κ2) is 5.78. The van der Waals surface area contributed by atoms with Crippen molar-refractivity contribution in [2.24, 2.45) is 0 Å². The molecule has 0 aliphatic rings. The molecule has 0 saturated carbocycles. The molecule has 1 rings (SSSR count). The number of hydrogen-bond acceptors (Lipinski definition) is 4. The average molecular weight is 302 g/mol. The van der Waals surface area contributed by atoms with E-state index < -0.39 is 15.6 Å². The lowest BCUT2D eigenvalue weighted by molar-refractivity contribution is 0.476. The first-order valence-corrected chi connectivity index (χ1v) is 7.82. The average Bonchev–Trinajstić information content (AvgIpc) is 2.24. The summed E-state index contributed by atoms with van der Waals surface area (Å²) < 4.78 is 24.9. The van der Waals surface area contributed by atoms with Gasteiger partial charge in [0.2, 0.25) is 10.0 Å². The highest BCUT2D eigenvalue weighted by Crippen LogP contribution is 2.20. The van der Waals surface area contributed by atoms with Crippen LogP contribution in [0.1, 0.15) is 19.4 Å². The highest BCUT2D eigenvalue weighted by Gasteiger charge is 2.22. The van der Waals surface area contributed by atoms with E-state index in [9.17, 15) is 8.42 Å². The lowest BCUT2D eigenvalue weighted by Crippen LogP contribution is -2.47. The summed E-state index contributed by atoms with van der Waals surface area (Å²) >= 11 is 5.80. The number of nitrogens with zero attached hydrogens (tertiary/aromatic N) is 1. The maximum absolute atomic E-state index is 11.2. The molecule has 2 N–H and O–H groups in total. The van der Waals surface area contributed by atoms with Crippen molar-refractivity contribution < 1.29 is 8.42 Å². The quantitative estimate of drug-likeness (QED) is 0.871. The van der Waals surface area contributed by atoms with Gasteiger partial charge >= 0.3 is 0 Å². The first-order valence-electron chi connectivity index (χ1n) is 5.55. The summed E-state index contributed by atoms with van der Waals surface area (Å²) in [6.07, 6.45) is 1.11. The Kier molecular flexibility index (Phi) is 4.80.